The van der Waals surface area contributed by atoms with Crippen molar-refractivity contribution in [3.05, 3.63) is 46.0 Å². The van der Waals surface area contributed by atoms with Crippen LogP contribution in [0.5, 0.6) is 0 Å². The second kappa shape index (κ2) is 4.90. The predicted molar refractivity (Wildman–Crippen MR) is 70.4 cm³/mol. The highest BCUT2D eigenvalue weighted by molar-refractivity contribution is 6.31. The maximum atomic E-state index is 13.8. The summed E-state index contributed by atoms with van der Waals surface area (Å²) in [6.07, 6.45) is 2.23. The summed E-state index contributed by atoms with van der Waals surface area (Å²) < 4.78 is 15.5. The van der Waals surface area contributed by atoms with Crippen LogP contribution in [0.1, 0.15) is 35.7 Å². The minimum atomic E-state index is -0.320. The zero-order chi connectivity index (χ0) is 13.4. The molecule has 0 amide bonds. The number of hydrogen-bond donors (Lipinski definition) is 1. The molecule has 3 rings (SSSR count). The van der Waals surface area contributed by atoms with Gasteiger partial charge >= 0.3 is 0 Å². The minimum Gasteiger partial charge on any atom is -0.325 e. The molecule has 4 nitrogen and oxygen atoms in total. The highest BCUT2D eigenvalue weighted by Crippen LogP contribution is 2.41. The molecule has 0 saturated heterocycles. The van der Waals surface area contributed by atoms with Gasteiger partial charge in [-0.15, -0.1) is 5.10 Å². The van der Waals surface area contributed by atoms with Crippen LogP contribution < -0.4 is 5.73 Å². The van der Waals surface area contributed by atoms with Crippen molar-refractivity contribution < 1.29 is 4.39 Å². The fourth-order valence-corrected chi connectivity index (χ4v) is 2.48. The van der Waals surface area contributed by atoms with E-state index < -0.39 is 0 Å². The molecule has 1 aliphatic rings. The van der Waals surface area contributed by atoms with Gasteiger partial charge in [0.25, 0.3) is 0 Å². The van der Waals surface area contributed by atoms with Crippen molar-refractivity contribution in [1.82, 2.24) is 15.0 Å². The van der Waals surface area contributed by atoms with Crippen LogP contribution in [-0.4, -0.2) is 15.0 Å². The van der Waals surface area contributed by atoms with Crippen LogP contribution in [-0.2, 0) is 13.1 Å². The topological polar surface area (TPSA) is 56.7 Å². The molecular weight excluding hydrogens is 267 g/mol. The molecule has 0 atom stereocenters. The zero-order valence-corrected chi connectivity index (χ0v) is 11.1. The molecule has 1 aliphatic carbocycles. The Morgan fingerprint density at radius 2 is 2.21 bits per heavy atom. The predicted octanol–water partition coefficient (Wildman–Crippen LogP) is 2.46. The summed E-state index contributed by atoms with van der Waals surface area (Å²) in [5, 5.41) is 8.57. The van der Waals surface area contributed by atoms with Gasteiger partial charge in [-0.05, 0) is 25.0 Å². The van der Waals surface area contributed by atoms with Crippen LogP contribution in [0.25, 0.3) is 0 Å². The number of benzene rings is 1. The van der Waals surface area contributed by atoms with Gasteiger partial charge in [0.1, 0.15) is 5.82 Å². The molecule has 0 aliphatic heterocycles. The molecule has 1 fully saturated rings. The zero-order valence-electron chi connectivity index (χ0n) is 10.3. The standard InChI is InChI=1S/C13H14ClFN4/c14-10-2-1-3-11(15)9(10)7-19-13(8-4-5-8)12(6-16)17-18-19/h1-3,8H,4-7,16H2. The fourth-order valence-electron chi connectivity index (χ4n) is 2.25. The molecule has 1 heterocycles. The molecule has 1 aromatic heterocycles. The van der Waals surface area contributed by atoms with Gasteiger partial charge in [-0.1, -0.05) is 22.9 Å². The van der Waals surface area contributed by atoms with E-state index in [4.69, 9.17) is 17.3 Å². The first-order chi connectivity index (χ1) is 9.20. The lowest BCUT2D eigenvalue weighted by atomic mass is 10.2. The van der Waals surface area contributed by atoms with Crippen LogP contribution in [0.15, 0.2) is 18.2 Å². The maximum absolute atomic E-state index is 13.8. The van der Waals surface area contributed by atoms with E-state index in [1.807, 2.05) is 0 Å². The number of aromatic nitrogens is 3. The number of halogens is 2. The Morgan fingerprint density at radius 3 is 2.84 bits per heavy atom. The van der Waals surface area contributed by atoms with Gasteiger partial charge in [0.05, 0.1) is 17.9 Å². The van der Waals surface area contributed by atoms with E-state index in [2.05, 4.69) is 10.3 Å². The average molecular weight is 281 g/mol. The lowest BCUT2D eigenvalue weighted by Gasteiger charge is -2.09. The molecule has 2 N–H and O–H groups in total. The summed E-state index contributed by atoms with van der Waals surface area (Å²) in [7, 11) is 0. The van der Waals surface area contributed by atoms with Gasteiger partial charge in [0.15, 0.2) is 0 Å². The second-order valence-electron chi connectivity index (χ2n) is 4.76. The molecular formula is C13H14ClFN4. The van der Waals surface area contributed by atoms with E-state index in [-0.39, 0.29) is 5.82 Å². The average Bonchev–Trinajstić information content (AvgIpc) is 3.15. The number of rotatable bonds is 4. The largest absolute Gasteiger partial charge is 0.325 e. The molecule has 0 radical (unpaired) electrons. The first-order valence-electron chi connectivity index (χ1n) is 6.26. The molecule has 0 spiro atoms. The summed E-state index contributed by atoms with van der Waals surface area (Å²) in [5.41, 5.74) is 7.94. The van der Waals surface area contributed by atoms with Crippen molar-refractivity contribution >= 4 is 11.6 Å². The summed E-state index contributed by atoms with van der Waals surface area (Å²) in [4.78, 5) is 0. The fraction of sp³-hybridized carbons (Fsp3) is 0.385. The third kappa shape index (κ3) is 2.35. The monoisotopic (exact) mass is 280 g/mol. The first kappa shape index (κ1) is 12.6. The third-order valence-electron chi connectivity index (χ3n) is 3.37. The maximum Gasteiger partial charge on any atom is 0.129 e. The number of hydrogen-bond acceptors (Lipinski definition) is 3. The first-order valence-corrected chi connectivity index (χ1v) is 6.63. The number of nitrogens with two attached hydrogens (primary N) is 1. The van der Waals surface area contributed by atoms with E-state index in [9.17, 15) is 4.39 Å². The Kier molecular flexibility index (Phi) is 3.24. The van der Waals surface area contributed by atoms with Crippen molar-refractivity contribution in [1.29, 1.82) is 0 Å². The second-order valence-corrected chi connectivity index (χ2v) is 5.16. The Balaban J connectivity index is 1.97. The quantitative estimate of drug-likeness (QED) is 0.936. The lowest BCUT2D eigenvalue weighted by Crippen LogP contribution is -2.09. The summed E-state index contributed by atoms with van der Waals surface area (Å²) >= 11 is 6.04. The van der Waals surface area contributed by atoms with Crippen LogP contribution >= 0.6 is 11.6 Å². The minimum absolute atomic E-state index is 0.296. The Bertz CT molecular complexity index is 586. The molecule has 19 heavy (non-hydrogen) atoms. The van der Waals surface area contributed by atoms with Crippen molar-refractivity contribution in [2.24, 2.45) is 5.73 Å². The smallest absolute Gasteiger partial charge is 0.129 e. The molecule has 0 bridgehead atoms. The van der Waals surface area contributed by atoms with Crippen LogP contribution in [0, 0.1) is 5.82 Å². The SMILES string of the molecule is NCc1nnn(Cc2c(F)cccc2Cl)c1C1CC1. The van der Waals surface area contributed by atoms with Crippen molar-refractivity contribution in [2.75, 3.05) is 0 Å². The van der Waals surface area contributed by atoms with Crippen molar-refractivity contribution in [3.8, 4) is 0 Å². The molecule has 0 unspecified atom stereocenters. The van der Waals surface area contributed by atoms with E-state index >= 15 is 0 Å². The van der Waals surface area contributed by atoms with E-state index in [1.54, 1.807) is 16.8 Å². The molecule has 2 aromatic rings. The van der Waals surface area contributed by atoms with E-state index in [1.165, 1.54) is 6.07 Å². The van der Waals surface area contributed by atoms with Gasteiger partial charge in [0, 0.05) is 23.0 Å². The van der Waals surface area contributed by atoms with E-state index in [0.717, 1.165) is 24.2 Å². The van der Waals surface area contributed by atoms with Crippen molar-refractivity contribution in [3.63, 3.8) is 0 Å². The lowest BCUT2D eigenvalue weighted by molar-refractivity contribution is 0.566. The van der Waals surface area contributed by atoms with Crippen molar-refractivity contribution in [2.45, 2.75) is 31.8 Å². The molecule has 6 heteroatoms. The highest BCUT2D eigenvalue weighted by Gasteiger charge is 2.31. The Hall–Kier alpha value is -1.46. The van der Waals surface area contributed by atoms with Gasteiger partial charge in [-0.2, -0.15) is 0 Å². The highest BCUT2D eigenvalue weighted by atomic mass is 35.5. The third-order valence-corrected chi connectivity index (χ3v) is 3.73. The van der Waals surface area contributed by atoms with Crippen LogP contribution in [0.2, 0.25) is 5.02 Å². The van der Waals surface area contributed by atoms with E-state index in [0.29, 0.717) is 29.6 Å². The summed E-state index contributed by atoms with van der Waals surface area (Å²) in [5.74, 6) is 0.137. The summed E-state index contributed by atoms with van der Waals surface area (Å²) in [6, 6.07) is 4.67. The van der Waals surface area contributed by atoms with Gasteiger partial charge in [0.2, 0.25) is 0 Å². The molecule has 1 saturated carbocycles. The summed E-state index contributed by atoms with van der Waals surface area (Å²) in [6.45, 7) is 0.654. The van der Waals surface area contributed by atoms with Crippen LogP contribution in [0.3, 0.4) is 0 Å². The van der Waals surface area contributed by atoms with Gasteiger partial charge in [-0.3, -0.25) is 0 Å². The molecule has 1 aromatic carbocycles. The van der Waals surface area contributed by atoms with Gasteiger partial charge in [-0.25, -0.2) is 9.07 Å². The van der Waals surface area contributed by atoms with Crippen LogP contribution in [0.4, 0.5) is 4.39 Å². The Morgan fingerprint density at radius 1 is 1.42 bits per heavy atom. The Labute approximate surface area is 115 Å². The molecule has 100 valence electrons. The normalized spacial score (nSPS) is 14.9. The number of nitrogens with zero attached hydrogens (tertiary/aromatic N) is 3. The van der Waals surface area contributed by atoms with Gasteiger partial charge < -0.3 is 5.73 Å².